The Labute approximate surface area is 139 Å². The van der Waals surface area contributed by atoms with Crippen molar-refractivity contribution in [1.29, 1.82) is 0 Å². The Balaban J connectivity index is 1.68. The summed E-state index contributed by atoms with van der Waals surface area (Å²) >= 11 is 0. The lowest BCUT2D eigenvalue weighted by molar-refractivity contribution is 0.0686. The summed E-state index contributed by atoms with van der Waals surface area (Å²) in [7, 11) is 0. The summed E-state index contributed by atoms with van der Waals surface area (Å²) in [6, 6.07) is 13.6. The maximum absolute atomic E-state index is 14.0. The van der Waals surface area contributed by atoms with Gasteiger partial charge in [-0.15, -0.1) is 0 Å². The van der Waals surface area contributed by atoms with Crippen LogP contribution in [0.15, 0.2) is 48.5 Å². The first-order valence-electron chi connectivity index (χ1n) is 7.93. The number of halogens is 1. The van der Waals surface area contributed by atoms with E-state index < -0.39 is 11.8 Å². The predicted octanol–water partition coefficient (Wildman–Crippen LogP) is 3.54. The first-order chi connectivity index (χ1) is 11.6. The van der Waals surface area contributed by atoms with Crippen molar-refractivity contribution in [2.75, 3.05) is 13.1 Å². The van der Waals surface area contributed by atoms with E-state index in [1.165, 1.54) is 17.7 Å². The number of carbonyl (C=O) groups excluding carboxylic acids is 1. The smallest absolute Gasteiger partial charge is 0.335 e. The zero-order valence-electron chi connectivity index (χ0n) is 13.1. The number of nitrogens with zero attached hydrogens (tertiary/aromatic N) is 1. The molecular weight excluding hydrogens is 309 g/mol. The van der Waals surface area contributed by atoms with Crippen LogP contribution >= 0.6 is 0 Å². The van der Waals surface area contributed by atoms with Crippen LogP contribution in [0.4, 0.5) is 4.39 Å². The molecule has 0 saturated carbocycles. The summed E-state index contributed by atoms with van der Waals surface area (Å²) in [5.41, 5.74) is 1.03. The second-order valence-electron chi connectivity index (χ2n) is 5.98. The molecule has 0 aliphatic carbocycles. The van der Waals surface area contributed by atoms with Crippen molar-refractivity contribution in [3.63, 3.8) is 0 Å². The average Bonchev–Trinajstić information content (AvgIpc) is 2.62. The zero-order valence-corrected chi connectivity index (χ0v) is 13.1. The molecule has 1 saturated heterocycles. The first kappa shape index (κ1) is 16.2. The minimum Gasteiger partial charge on any atom is -0.478 e. The van der Waals surface area contributed by atoms with Gasteiger partial charge in [0.1, 0.15) is 5.82 Å². The highest BCUT2D eigenvalue weighted by Gasteiger charge is 2.26. The fraction of sp³-hybridized carbons (Fsp3) is 0.263. The Morgan fingerprint density at radius 2 is 1.71 bits per heavy atom. The molecule has 0 spiro atoms. The molecule has 1 fully saturated rings. The summed E-state index contributed by atoms with van der Waals surface area (Å²) in [6.07, 6.45) is 1.68. The van der Waals surface area contributed by atoms with Gasteiger partial charge in [0.15, 0.2) is 0 Å². The lowest BCUT2D eigenvalue weighted by Crippen LogP contribution is -2.38. The van der Waals surface area contributed by atoms with Gasteiger partial charge < -0.3 is 10.0 Å². The molecule has 1 N–H and O–H groups in total. The number of aromatic carboxylic acids is 1. The van der Waals surface area contributed by atoms with Crippen LogP contribution in [0.1, 0.15) is 45.0 Å². The third-order valence-corrected chi connectivity index (χ3v) is 4.50. The summed E-state index contributed by atoms with van der Waals surface area (Å²) in [5, 5.41) is 8.86. The van der Waals surface area contributed by atoms with Crippen molar-refractivity contribution in [2.24, 2.45) is 0 Å². The van der Waals surface area contributed by atoms with E-state index in [4.69, 9.17) is 5.11 Å². The molecule has 5 heteroatoms. The number of likely N-dealkylation sites (tertiary alicyclic amines) is 1. The third kappa shape index (κ3) is 3.30. The van der Waals surface area contributed by atoms with Crippen molar-refractivity contribution in [3.05, 3.63) is 71.0 Å². The first-order valence-corrected chi connectivity index (χ1v) is 7.93. The summed E-state index contributed by atoms with van der Waals surface area (Å²) in [4.78, 5) is 25.0. The van der Waals surface area contributed by atoms with E-state index in [1.54, 1.807) is 4.90 Å². The highest BCUT2D eigenvalue weighted by atomic mass is 19.1. The van der Waals surface area contributed by atoms with Gasteiger partial charge in [-0.3, -0.25) is 4.79 Å². The van der Waals surface area contributed by atoms with E-state index in [2.05, 4.69) is 12.1 Å². The Hall–Kier alpha value is -2.69. The number of carboxylic acid groups (broad SMARTS) is 1. The lowest BCUT2D eigenvalue weighted by Gasteiger charge is -2.32. The highest BCUT2D eigenvalue weighted by molar-refractivity contribution is 5.96. The number of hydrogen-bond donors (Lipinski definition) is 1. The topological polar surface area (TPSA) is 57.6 Å². The molecule has 2 aromatic rings. The molecule has 0 unspecified atom stereocenters. The maximum atomic E-state index is 14.0. The van der Waals surface area contributed by atoms with Crippen LogP contribution < -0.4 is 0 Å². The fourth-order valence-corrected chi connectivity index (χ4v) is 3.13. The number of carboxylic acids is 1. The van der Waals surface area contributed by atoms with Crippen LogP contribution in [0.2, 0.25) is 0 Å². The average molecular weight is 327 g/mol. The molecule has 2 aromatic carbocycles. The lowest BCUT2D eigenvalue weighted by atomic mass is 9.89. The number of amides is 1. The van der Waals surface area contributed by atoms with Gasteiger partial charge in [-0.25, -0.2) is 9.18 Å². The SMILES string of the molecule is O=C(O)c1ccc(C(=O)N2CCC(c3ccccc3)CC2)c(F)c1. The van der Waals surface area contributed by atoms with Gasteiger partial charge in [0.05, 0.1) is 11.1 Å². The molecule has 1 aliphatic rings. The zero-order chi connectivity index (χ0) is 17.1. The monoisotopic (exact) mass is 327 g/mol. The molecule has 1 aliphatic heterocycles. The van der Waals surface area contributed by atoms with Crippen LogP contribution in [0.25, 0.3) is 0 Å². The maximum Gasteiger partial charge on any atom is 0.335 e. The predicted molar refractivity (Wildman–Crippen MR) is 87.7 cm³/mol. The fourth-order valence-electron chi connectivity index (χ4n) is 3.13. The normalized spacial score (nSPS) is 15.3. The molecule has 0 radical (unpaired) electrons. The Morgan fingerprint density at radius 3 is 2.29 bits per heavy atom. The van der Waals surface area contributed by atoms with E-state index in [0.717, 1.165) is 18.9 Å². The Morgan fingerprint density at radius 1 is 1.04 bits per heavy atom. The van der Waals surface area contributed by atoms with Gasteiger partial charge in [-0.1, -0.05) is 30.3 Å². The van der Waals surface area contributed by atoms with E-state index in [0.29, 0.717) is 19.0 Å². The van der Waals surface area contributed by atoms with Crippen LogP contribution in [-0.2, 0) is 0 Å². The van der Waals surface area contributed by atoms with Gasteiger partial charge in [0.25, 0.3) is 5.91 Å². The van der Waals surface area contributed by atoms with E-state index in [1.807, 2.05) is 18.2 Å². The molecular formula is C19H18FNO3. The van der Waals surface area contributed by atoms with Crippen molar-refractivity contribution >= 4 is 11.9 Å². The molecule has 124 valence electrons. The van der Waals surface area contributed by atoms with E-state index in [-0.39, 0.29) is 17.0 Å². The van der Waals surface area contributed by atoms with Crippen molar-refractivity contribution in [1.82, 2.24) is 4.90 Å². The van der Waals surface area contributed by atoms with Crippen LogP contribution in [0, 0.1) is 5.82 Å². The highest BCUT2D eigenvalue weighted by Crippen LogP contribution is 2.28. The minimum absolute atomic E-state index is 0.0711. The van der Waals surface area contributed by atoms with E-state index >= 15 is 0 Å². The van der Waals surface area contributed by atoms with Crippen LogP contribution in [0.3, 0.4) is 0 Å². The number of rotatable bonds is 3. The second-order valence-corrected chi connectivity index (χ2v) is 5.98. The summed E-state index contributed by atoms with van der Waals surface area (Å²) in [6.45, 7) is 1.14. The van der Waals surface area contributed by atoms with Crippen molar-refractivity contribution in [2.45, 2.75) is 18.8 Å². The number of piperidine rings is 1. The summed E-state index contributed by atoms with van der Waals surface area (Å²) < 4.78 is 14.0. The standard InChI is InChI=1S/C19H18FNO3/c20-17-12-15(19(23)24)6-7-16(17)18(22)21-10-8-14(9-11-21)13-4-2-1-3-5-13/h1-7,12,14H,8-11H2,(H,23,24). The number of carbonyl (C=O) groups is 2. The third-order valence-electron chi connectivity index (χ3n) is 4.50. The van der Waals surface area contributed by atoms with Crippen LogP contribution in [0.5, 0.6) is 0 Å². The van der Waals surface area contributed by atoms with Gasteiger partial charge in [0, 0.05) is 13.1 Å². The largest absolute Gasteiger partial charge is 0.478 e. The molecule has 1 amide bonds. The van der Waals surface area contributed by atoms with Gasteiger partial charge in [-0.2, -0.15) is 0 Å². The molecule has 0 atom stereocenters. The number of benzene rings is 2. The minimum atomic E-state index is -1.21. The second kappa shape index (κ2) is 6.83. The van der Waals surface area contributed by atoms with Gasteiger partial charge >= 0.3 is 5.97 Å². The van der Waals surface area contributed by atoms with E-state index in [9.17, 15) is 14.0 Å². The number of hydrogen-bond acceptors (Lipinski definition) is 2. The van der Waals surface area contributed by atoms with Crippen LogP contribution in [-0.4, -0.2) is 35.0 Å². The summed E-state index contributed by atoms with van der Waals surface area (Å²) in [5.74, 6) is -1.97. The van der Waals surface area contributed by atoms with Gasteiger partial charge in [0.2, 0.25) is 0 Å². The molecule has 1 heterocycles. The molecule has 24 heavy (non-hydrogen) atoms. The Kier molecular flexibility index (Phi) is 4.60. The van der Waals surface area contributed by atoms with Crippen molar-refractivity contribution < 1.29 is 19.1 Å². The van der Waals surface area contributed by atoms with Crippen molar-refractivity contribution in [3.8, 4) is 0 Å². The molecule has 0 bridgehead atoms. The van der Waals surface area contributed by atoms with Gasteiger partial charge in [-0.05, 0) is 42.5 Å². The molecule has 3 rings (SSSR count). The quantitative estimate of drug-likeness (QED) is 0.938. The molecule has 4 nitrogen and oxygen atoms in total. The Bertz CT molecular complexity index is 752. The molecule has 0 aromatic heterocycles.